The van der Waals surface area contributed by atoms with Gasteiger partial charge in [0.2, 0.25) is 0 Å². The topological polar surface area (TPSA) is 62.5 Å². The summed E-state index contributed by atoms with van der Waals surface area (Å²) in [4.78, 5) is 17.5. The number of nitrogens with one attached hydrogen (secondary N) is 1. The molecule has 0 atom stereocenters. The third kappa shape index (κ3) is 1.21. The lowest BCUT2D eigenvalue weighted by Gasteiger charge is -2.03. The second-order valence-electron chi connectivity index (χ2n) is 4.10. The van der Waals surface area contributed by atoms with Crippen LogP contribution in [0.15, 0.2) is 46.8 Å². The maximum absolute atomic E-state index is 4.57. The highest BCUT2D eigenvalue weighted by Gasteiger charge is 2.21. The van der Waals surface area contributed by atoms with Crippen molar-refractivity contribution in [3.63, 3.8) is 0 Å². The van der Waals surface area contributed by atoms with Crippen LogP contribution in [-0.2, 0) is 0 Å². The summed E-state index contributed by atoms with van der Waals surface area (Å²) < 4.78 is 0. The largest absolute Gasteiger partial charge is 0.364 e. The number of aliphatic imine (C=N–C) groups is 1. The Kier molecular flexibility index (Phi) is 1.82. The van der Waals surface area contributed by atoms with Crippen molar-refractivity contribution < 1.29 is 0 Å². The Morgan fingerprint density at radius 1 is 1.17 bits per heavy atom. The van der Waals surface area contributed by atoms with Gasteiger partial charge in [0.1, 0.15) is 6.67 Å². The molecule has 0 spiro atoms. The first kappa shape index (κ1) is 9.47. The first-order chi connectivity index (χ1) is 8.93. The SMILES string of the molecule is c1cnc2c(c1)=C1NCN=C1c1ccncc1N=2. The average molecular weight is 235 g/mol. The van der Waals surface area contributed by atoms with E-state index in [1.165, 1.54) is 0 Å². The smallest absolute Gasteiger partial charge is 0.161 e. The summed E-state index contributed by atoms with van der Waals surface area (Å²) in [6, 6.07) is 5.86. The molecule has 86 valence electrons. The van der Waals surface area contributed by atoms with E-state index in [1.54, 1.807) is 18.6 Å². The van der Waals surface area contributed by atoms with Gasteiger partial charge in [-0.25, -0.2) is 9.98 Å². The van der Waals surface area contributed by atoms with Crippen LogP contribution in [0.1, 0.15) is 5.56 Å². The zero-order valence-corrected chi connectivity index (χ0v) is 9.46. The Bertz CT molecular complexity index is 791. The van der Waals surface area contributed by atoms with Crippen molar-refractivity contribution in [2.45, 2.75) is 0 Å². The van der Waals surface area contributed by atoms with Gasteiger partial charge in [-0.05, 0) is 18.2 Å². The van der Waals surface area contributed by atoms with Crippen LogP contribution in [-0.4, -0.2) is 22.3 Å². The molecule has 2 aliphatic rings. The first-order valence-corrected chi connectivity index (χ1v) is 5.70. The molecular weight excluding hydrogens is 226 g/mol. The molecule has 0 aliphatic carbocycles. The molecular formula is C13H9N5. The number of nitrogens with zero attached hydrogens (tertiary/aromatic N) is 4. The third-order valence-corrected chi connectivity index (χ3v) is 3.07. The van der Waals surface area contributed by atoms with Gasteiger partial charge >= 0.3 is 0 Å². The summed E-state index contributed by atoms with van der Waals surface area (Å²) in [5.74, 6) is 0. The monoisotopic (exact) mass is 235 g/mol. The zero-order chi connectivity index (χ0) is 11.9. The second-order valence-corrected chi connectivity index (χ2v) is 4.10. The minimum absolute atomic E-state index is 0.598. The molecule has 0 bridgehead atoms. The average Bonchev–Trinajstić information content (AvgIpc) is 2.84. The van der Waals surface area contributed by atoms with Gasteiger partial charge < -0.3 is 5.32 Å². The molecule has 5 nitrogen and oxygen atoms in total. The molecule has 5 heteroatoms. The van der Waals surface area contributed by atoms with Crippen molar-refractivity contribution in [1.29, 1.82) is 0 Å². The third-order valence-electron chi connectivity index (χ3n) is 3.07. The fourth-order valence-corrected chi connectivity index (χ4v) is 2.27. The van der Waals surface area contributed by atoms with Gasteiger partial charge in [0.25, 0.3) is 0 Å². The maximum Gasteiger partial charge on any atom is 0.161 e. The van der Waals surface area contributed by atoms with Gasteiger partial charge in [0, 0.05) is 23.2 Å². The molecule has 1 N–H and O–H groups in total. The minimum atomic E-state index is 0.598. The molecule has 0 radical (unpaired) electrons. The summed E-state index contributed by atoms with van der Waals surface area (Å²) in [5.41, 5.74) is 4.48. The van der Waals surface area contributed by atoms with E-state index >= 15 is 0 Å². The Labute approximate surface area is 103 Å². The molecule has 0 unspecified atom stereocenters. The zero-order valence-electron chi connectivity index (χ0n) is 9.46. The van der Waals surface area contributed by atoms with Crippen molar-refractivity contribution >= 4 is 17.1 Å². The molecule has 2 aliphatic heterocycles. The van der Waals surface area contributed by atoms with E-state index in [1.807, 2.05) is 18.2 Å². The van der Waals surface area contributed by atoms with E-state index in [0.29, 0.717) is 12.2 Å². The summed E-state index contributed by atoms with van der Waals surface area (Å²) in [5, 5.41) is 4.28. The number of aromatic nitrogens is 2. The summed E-state index contributed by atoms with van der Waals surface area (Å²) in [7, 11) is 0. The lowest BCUT2D eigenvalue weighted by atomic mass is 10.1. The van der Waals surface area contributed by atoms with E-state index < -0.39 is 0 Å². The number of pyridine rings is 2. The summed E-state index contributed by atoms with van der Waals surface area (Å²) in [6.07, 6.45) is 5.25. The van der Waals surface area contributed by atoms with E-state index in [0.717, 1.165) is 27.9 Å². The van der Waals surface area contributed by atoms with E-state index in [2.05, 4.69) is 25.3 Å². The summed E-state index contributed by atoms with van der Waals surface area (Å²) in [6.45, 7) is 0.598. The Morgan fingerprint density at radius 3 is 3.17 bits per heavy atom. The van der Waals surface area contributed by atoms with Crippen LogP contribution in [0.3, 0.4) is 0 Å². The molecule has 0 amide bonds. The quantitative estimate of drug-likeness (QED) is 0.693. The highest BCUT2D eigenvalue weighted by Crippen LogP contribution is 2.22. The maximum atomic E-state index is 4.57. The molecule has 0 saturated carbocycles. The van der Waals surface area contributed by atoms with Crippen LogP contribution in [0.25, 0.3) is 5.70 Å². The van der Waals surface area contributed by atoms with Crippen LogP contribution in [0.2, 0.25) is 0 Å². The van der Waals surface area contributed by atoms with Crippen LogP contribution in [0.5, 0.6) is 0 Å². The normalized spacial score (nSPS) is 15.6. The predicted molar refractivity (Wildman–Crippen MR) is 66.9 cm³/mol. The lowest BCUT2D eigenvalue weighted by Crippen LogP contribution is -2.33. The molecule has 0 fully saturated rings. The van der Waals surface area contributed by atoms with Crippen LogP contribution < -0.4 is 16.0 Å². The second kappa shape index (κ2) is 3.46. The standard InChI is InChI=1S/C13H9N5/c1-2-9-12-11(16-7-17-12)8-3-5-14-6-10(8)18-13(9)15-4-1/h1-6,17H,7H2. The molecule has 4 rings (SSSR count). The Hall–Kier alpha value is -2.56. The van der Waals surface area contributed by atoms with Crippen molar-refractivity contribution in [2.75, 3.05) is 6.67 Å². The Morgan fingerprint density at radius 2 is 2.17 bits per heavy atom. The van der Waals surface area contributed by atoms with Crippen molar-refractivity contribution in [3.05, 3.63) is 53.1 Å². The van der Waals surface area contributed by atoms with Gasteiger partial charge in [0.05, 0.1) is 23.3 Å². The van der Waals surface area contributed by atoms with E-state index in [9.17, 15) is 0 Å². The first-order valence-electron chi connectivity index (χ1n) is 5.70. The molecule has 2 aromatic heterocycles. The van der Waals surface area contributed by atoms with Crippen LogP contribution in [0.4, 0.5) is 5.69 Å². The molecule has 4 heterocycles. The van der Waals surface area contributed by atoms with E-state index in [4.69, 9.17) is 0 Å². The lowest BCUT2D eigenvalue weighted by molar-refractivity contribution is 0.946. The molecule has 2 aromatic rings. The fourth-order valence-electron chi connectivity index (χ4n) is 2.27. The van der Waals surface area contributed by atoms with Gasteiger partial charge in [-0.1, -0.05) is 0 Å². The van der Waals surface area contributed by atoms with Crippen molar-refractivity contribution in [1.82, 2.24) is 15.3 Å². The van der Waals surface area contributed by atoms with Crippen LogP contribution in [0, 0.1) is 0 Å². The van der Waals surface area contributed by atoms with E-state index in [-0.39, 0.29) is 0 Å². The fraction of sp³-hybridized carbons (Fsp3) is 0.0769. The molecule has 0 saturated heterocycles. The highest BCUT2D eigenvalue weighted by atomic mass is 15.1. The minimum Gasteiger partial charge on any atom is -0.364 e. The van der Waals surface area contributed by atoms with Gasteiger partial charge in [0.15, 0.2) is 5.49 Å². The number of hydrogen-bond donors (Lipinski definition) is 1. The number of fused-ring (bicyclic) bond motifs is 4. The van der Waals surface area contributed by atoms with Crippen molar-refractivity contribution in [2.24, 2.45) is 9.98 Å². The van der Waals surface area contributed by atoms with Crippen molar-refractivity contribution in [3.8, 4) is 0 Å². The number of hydrogen-bond acceptors (Lipinski definition) is 5. The predicted octanol–water partition coefficient (Wildman–Crippen LogP) is -0.101. The van der Waals surface area contributed by atoms with Crippen LogP contribution >= 0.6 is 0 Å². The molecule has 0 aromatic carbocycles. The van der Waals surface area contributed by atoms with Gasteiger partial charge in [-0.15, -0.1) is 0 Å². The van der Waals surface area contributed by atoms with Gasteiger partial charge in [-0.2, -0.15) is 0 Å². The number of rotatable bonds is 0. The van der Waals surface area contributed by atoms with Gasteiger partial charge in [-0.3, -0.25) is 9.98 Å². The Balaban J connectivity index is 2.22. The highest BCUT2D eigenvalue weighted by molar-refractivity contribution is 6.29. The summed E-state index contributed by atoms with van der Waals surface area (Å²) >= 11 is 0. The molecule has 18 heavy (non-hydrogen) atoms.